The topological polar surface area (TPSA) is 130 Å². The van der Waals surface area contributed by atoms with Gasteiger partial charge < -0.3 is 29.0 Å². The van der Waals surface area contributed by atoms with Crippen molar-refractivity contribution in [3.8, 4) is 0 Å². The van der Waals surface area contributed by atoms with E-state index in [1.165, 1.54) is 5.56 Å². The van der Waals surface area contributed by atoms with E-state index in [9.17, 15) is 4.79 Å². The summed E-state index contributed by atoms with van der Waals surface area (Å²) in [6, 6.07) is 9.68. The molecule has 1 amide bonds. The molecule has 0 aliphatic carbocycles. The van der Waals surface area contributed by atoms with E-state index in [1.54, 1.807) is 19.6 Å². The molecular weight excluding hydrogens is 432 g/mol. The van der Waals surface area contributed by atoms with Crippen LogP contribution in [0, 0.1) is 5.92 Å². The second kappa shape index (κ2) is 11.6. The Kier molecular flexibility index (Phi) is 8.58. The van der Waals surface area contributed by atoms with Crippen molar-refractivity contribution in [1.82, 2.24) is 9.80 Å². The van der Waals surface area contributed by atoms with Gasteiger partial charge in [-0.2, -0.15) is 0 Å². The van der Waals surface area contributed by atoms with Crippen molar-refractivity contribution in [3.05, 3.63) is 59.5 Å². The van der Waals surface area contributed by atoms with Crippen LogP contribution in [0.1, 0.15) is 21.5 Å². The minimum absolute atomic E-state index is 0.0806. The van der Waals surface area contributed by atoms with Crippen LogP contribution in [0.4, 0.5) is 0 Å². The fourth-order valence-corrected chi connectivity index (χ4v) is 4.00. The maximum absolute atomic E-state index is 12.9. The van der Waals surface area contributed by atoms with Gasteiger partial charge in [0.05, 0.1) is 31.8 Å². The molecule has 2 aliphatic heterocycles. The van der Waals surface area contributed by atoms with Crippen LogP contribution in [-0.4, -0.2) is 83.9 Å². The van der Waals surface area contributed by atoms with E-state index >= 15 is 0 Å². The number of carboxylic acids is 2. The molecule has 4 rings (SSSR count). The first-order valence-electron chi connectivity index (χ1n) is 10.6. The standard InChI is InChI=1S/C21H26N2O4.C2H2O4/c1-25-14-16-2-4-18(5-3-16)21(24)23-12-19-11-22(7-9-27-20(19)13-23)10-17-6-8-26-15-17;3-1(4)2(5)6/h2-6,8,15,19-20H,7,9-14H2,1H3;(H,3,4)(H,5,6)/t19-,20+;/m0./s1. The summed E-state index contributed by atoms with van der Waals surface area (Å²) in [6.07, 6.45) is 3.62. The van der Waals surface area contributed by atoms with Crippen molar-refractivity contribution in [2.75, 3.05) is 39.9 Å². The van der Waals surface area contributed by atoms with Gasteiger partial charge in [0.2, 0.25) is 0 Å². The van der Waals surface area contributed by atoms with Crippen LogP contribution < -0.4 is 0 Å². The lowest BCUT2D eigenvalue weighted by molar-refractivity contribution is -0.159. The van der Waals surface area contributed by atoms with Gasteiger partial charge in [-0.15, -0.1) is 0 Å². The summed E-state index contributed by atoms with van der Waals surface area (Å²) < 4.78 is 16.4. The third-order valence-electron chi connectivity index (χ3n) is 5.58. The SMILES string of the molecule is COCc1ccc(C(=O)N2C[C@@H]3CN(Cc4ccoc4)CCO[C@@H]3C2)cc1.O=C(O)C(=O)O. The summed E-state index contributed by atoms with van der Waals surface area (Å²) in [6.45, 7) is 5.38. The maximum atomic E-state index is 12.9. The number of fused-ring (bicyclic) bond motifs is 1. The summed E-state index contributed by atoms with van der Waals surface area (Å²) in [7, 11) is 1.67. The van der Waals surface area contributed by atoms with Gasteiger partial charge in [0.15, 0.2) is 0 Å². The number of hydrogen-bond donors (Lipinski definition) is 2. The van der Waals surface area contributed by atoms with E-state index in [4.69, 9.17) is 33.7 Å². The highest BCUT2D eigenvalue weighted by Gasteiger charge is 2.38. The number of aliphatic carboxylic acids is 2. The van der Waals surface area contributed by atoms with E-state index in [2.05, 4.69) is 4.90 Å². The van der Waals surface area contributed by atoms with E-state index in [0.717, 1.165) is 37.3 Å². The number of furan rings is 1. The van der Waals surface area contributed by atoms with Crippen molar-refractivity contribution < 1.29 is 38.5 Å². The molecular formula is C23H28N2O8. The Balaban J connectivity index is 0.000000454. The van der Waals surface area contributed by atoms with E-state index in [-0.39, 0.29) is 12.0 Å². The van der Waals surface area contributed by atoms with Crippen LogP contribution in [0.25, 0.3) is 0 Å². The first-order chi connectivity index (χ1) is 15.9. The number of carbonyl (C=O) groups excluding carboxylic acids is 1. The Hall–Kier alpha value is -3.21. The van der Waals surface area contributed by atoms with Crippen LogP contribution in [0.3, 0.4) is 0 Å². The Morgan fingerprint density at radius 2 is 1.76 bits per heavy atom. The van der Waals surface area contributed by atoms with E-state index in [0.29, 0.717) is 25.7 Å². The zero-order valence-electron chi connectivity index (χ0n) is 18.4. The van der Waals surface area contributed by atoms with Crippen LogP contribution in [-0.2, 0) is 32.2 Å². The summed E-state index contributed by atoms with van der Waals surface area (Å²) in [5.41, 5.74) is 2.97. The zero-order valence-corrected chi connectivity index (χ0v) is 18.4. The molecule has 178 valence electrons. The van der Waals surface area contributed by atoms with Crippen molar-refractivity contribution in [1.29, 1.82) is 0 Å². The average molecular weight is 460 g/mol. The number of hydrogen-bond acceptors (Lipinski definition) is 7. The molecule has 3 heterocycles. The molecule has 0 bridgehead atoms. The number of carbonyl (C=O) groups is 3. The molecule has 0 spiro atoms. The number of carboxylic acid groups (broad SMARTS) is 2. The summed E-state index contributed by atoms with van der Waals surface area (Å²) in [5, 5.41) is 14.8. The minimum Gasteiger partial charge on any atom is -0.473 e. The zero-order chi connectivity index (χ0) is 23.8. The van der Waals surface area contributed by atoms with Gasteiger partial charge >= 0.3 is 11.9 Å². The van der Waals surface area contributed by atoms with Crippen LogP contribution >= 0.6 is 0 Å². The lowest BCUT2D eigenvalue weighted by Crippen LogP contribution is -2.33. The lowest BCUT2D eigenvalue weighted by atomic mass is 10.1. The number of rotatable bonds is 5. The third-order valence-corrected chi connectivity index (χ3v) is 5.58. The van der Waals surface area contributed by atoms with Crippen LogP contribution in [0.2, 0.25) is 0 Å². The number of methoxy groups -OCH3 is 1. The maximum Gasteiger partial charge on any atom is 0.414 e. The van der Waals surface area contributed by atoms with Crippen molar-refractivity contribution in [2.24, 2.45) is 5.92 Å². The molecule has 1 aromatic heterocycles. The van der Waals surface area contributed by atoms with Gasteiger partial charge in [0.25, 0.3) is 5.91 Å². The molecule has 0 saturated carbocycles. The number of amides is 1. The molecule has 2 aromatic rings. The quantitative estimate of drug-likeness (QED) is 0.638. The van der Waals surface area contributed by atoms with Gasteiger partial charge in [-0.1, -0.05) is 12.1 Å². The normalized spacial score (nSPS) is 20.3. The fourth-order valence-electron chi connectivity index (χ4n) is 4.00. The first kappa shape index (κ1) is 24.4. The van der Waals surface area contributed by atoms with Gasteiger partial charge in [-0.3, -0.25) is 9.69 Å². The monoisotopic (exact) mass is 460 g/mol. The van der Waals surface area contributed by atoms with Crippen molar-refractivity contribution in [2.45, 2.75) is 19.3 Å². The number of ether oxygens (including phenoxy) is 2. The highest BCUT2D eigenvalue weighted by molar-refractivity contribution is 6.27. The van der Waals surface area contributed by atoms with Gasteiger partial charge in [0.1, 0.15) is 0 Å². The second-order valence-corrected chi connectivity index (χ2v) is 7.99. The predicted octanol–water partition coefficient (Wildman–Crippen LogP) is 1.55. The molecule has 2 N–H and O–H groups in total. The minimum atomic E-state index is -1.82. The van der Waals surface area contributed by atoms with Crippen LogP contribution in [0.15, 0.2) is 47.3 Å². The molecule has 2 saturated heterocycles. The average Bonchev–Trinajstić information content (AvgIpc) is 3.41. The molecule has 10 heteroatoms. The van der Waals surface area contributed by atoms with Crippen molar-refractivity contribution >= 4 is 17.8 Å². The predicted molar refractivity (Wildman–Crippen MR) is 116 cm³/mol. The second-order valence-electron chi connectivity index (χ2n) is 7.99. The van der Waals surface area contributed by atoms with Crippen LogP contribution in [0.5, 0.6) is 0 Å². The summed E-state index contributed by atoms with van der Waals surface area (Å²) in [5.74, 6) is -3.22. The van der Waals surface area contributed by atoms with Crippen molar-refractivity contribution in [3.63, 3.8) is 0 Å². The number of benzene rings is 1. The number of likely N-dealkylation sites (tertiary alicyclic amines) is 1. The number of nitrogens with zero attached hydrogens (tertiary/aromatic N) is 2. The Labute approximate surface area is 191 Å². The summed E-state index contributed by atoms with van der Waals surface area (Å²) >= 11 is 0. The molecule has 2 atom stereocenters. The molecule has 0 radical (unpaired) electrons. The molecule has 10 nitrogen and oxygen atoms in total. The highest BCUT2D eigenvalue weighted by atomic mass is 16.5. The van der Waals surface area contributed by atoms with E-state index < -0.39 is 11.9 Å². The Morgan fingerprint density at radius 1 is 1.03 bits per heavy atom. The lowest BCUT2D eigenvalue weighted by Gasteiger charge is -2.22. The smallest absolute Gasteiger partial charge is 0.414 e. The summed E-state index contributed by atoms with van der Waals surface area (Å²) in [4.78, 5) is 35.4. The first-order valence-corrected chi connectivity index (χ1v) is 10.6. The third kappa shape index (κ3) is 6.88. The highest BCUT2D eigenvalue weighted by Crippen LogP contribution is 2.26. The molecule has 0 unspecified atom stereocenters. The molecule has 1 aromatic carbocycles. The van der Waals surface area contributed by atoms with Gasteiger partial charge in [-0.25, -0.2) is 9.59 Å². The van der Waals surface area contributed by atoms with Gasteiger partial charge in [0, 0.05) is 56.9 Å². The Morgan fingerprint density at radius 3 is 2.36 bits per heavy atom. The van der Waals surface area contributed by atoms with Gasteiger partial charge in [-0.05, 0) is 23.8 Å². The van der Waals surface area contributed by atoms with E-state index in [1.807, 2.05) is 35.2 Å². The fraction of sp³-hybridized carbons (Fsp3) is 0.435. The molecule has 33 heavy (non-hydrogen) atoms. The largest absolute Gasteiger partial charge is 0.473 e. The Bertz CT molecular complexity index is 916. The molecule has 2 fully saturated rings. The molecule has 2 aliphatic rings.